The fourth-order valence-corrected chi connectivity index (χ4v) is 2.89. The molecule has 35 heavy (non-hydrogen) atoms. The number of aliphatic carboxylic acids is 2. The molecule has 11 N–H and O–H groups in total. The Morgan fingerprint density at radius 3 is 1.69 bits per heavy atom. The van der Waals surface area contributed by atoms with Crippen molar-refractivity contribution in [3.63, 3.8) is 0 Å². The van der Waals surface area contributed by atoms with Crippen LogP contribution in [0.5, 0.6) is 0 Å². The van der Waals surface area contributed by atoms with Gasteiger partial charge in [-0.05, 0) is 25.2 Å². The van der Waals surface area contributed by atoms with E-state index in [2.05, 4.69) is 16.0 Å². The predicted molar refractivity (Wildman–Crippen MR) is 120 cm³/mol. The van der Waals surface area contributed by atoms with Crippen molar-refractivity contribution in [2.45, 2.75) is 76.5 Å². The first-order valence-corrected chi connectivity index (χ1v) is 10.8. The first kappa shape index (κ1) is 31.2. The fraction of sp³-hybridized carbons (Fsp3) is 0.650. The number of nitrogens with two attached hydrogens (primary N) is 3. The molecule has 4 unspecified atom stereocenters. The number of amides is 5. The van der Waals surface area contributed by atoms with E-state index in [0.717, 1.165) is 0 Å². The van der Waals surface area contributed by atoms with Crippen molar-refractivity contribution in [3.05, 3.63) is 0 Å². The normalized spacial score (nSPS) is 14.2. The standard InChI is InChI=1S/C20H34N6O9/c1-9(2)7-12(18(32)24-11(20(34)35)4-6-16(29)30)26-19(33)13(8-15(23)28)25-17(31)10(21)3-5-14(22)27/h9-13H,3-8,21H2,1-2H3,(H2,22,27)(H2,23,28)(H,24,32)(H,25,31)(H,26,33)(H,29,30)(H,34,35). The van der Waals surface area contributed by atoms with Crippen molar-refractivity contribution >= 4 is 41.5 Å². The van der Waals surface area contributed by atoms with Crippen LogP contribution >= 0.6 is 0 Å². The molecule has 0 radical (unpaired) electrons. The summed E-state index contributed by atoms with van der Waals surface area (Å²) < 4.78 is 0. The lowest BCUT2D eigenvalue weighted by Crippen LogP contribution is -2.58. The summed E-state index contributed by atoms with van der Waals surface area (Å²) in [6, 6.07) is -5.52. The maximum absolute atomic E-state index is 12.8. The Kier molecular flexibility index (Phi) is 13.6. The van der Waals surface area contributed by atoms with Crippen LogP contribution in [0.1, 0.15) is 52.4 Å². The lowest BCUT2D eigenvalue weighted by Gasteiger charge is -2.25. The third kappa shape index (κ3) is 13.5. The minimum absolute atomic E-state index is 0.0538. The topological polar surface area (TPSA) is 274 Å². The smallest absolute Gasteiger partial charge is 0.326 e. The number of carboxylic acids is 2. The van der Waals surface area contributed by atoms with Crippen LogP contribution in [-0.4, -0.2) is 75.9 Å². The molecule has 0 saturated carbocycles. The van der Waals surface area contributed by atoms with E-state index in [1.54, 1.807) is 13.8 Å². The SMILES string of the molecule is CC(C)CC(NC(=O)C(CC(N)=O)NC(=O)C(N)CCC(N)=O)C(=O)NC(CCC(=O)O)C(=O)O. The van der Waals surface area contributed by atoms with Crippen molar-refractivity contribution in [2.75, 3.05) is 0 Å². The lowest BCUT2D eigenvalue weighted by atomic mass is 10.0. The van der Waals surface area contributed by atoms with Gasteiger partial charge in [-0.25, -0.2) is 4.79 Å². The van der Waals surface area contributed by atoms with Crippen LogP contribution in [0.25, 0.3) is 0 Å². The number of nitrogens with one attached hydrogen (secondary N) is 3. The van der Waals surface area contributed by atoms with Crippen LogP contribution in [-0.2, 0) is 33.6 Å². The summed E-state index contributed by atoms with van der Waals surface area (Å²) >= 11 is 0. The van der Waals surface area contributed by atoms with E-state index in [-0.39, 0.29) is 31.6 Å². The molecular formula is C20H34N6O9. The van der Waals surface area contributed by atoms with Crippen LogP contribution in [0.2, 0.25) is 0 Å². The molecule has 15 nitrogen and oxygen atoms in total. The van der Waals surface area contributed by atoms with Crippen LogP contribution in [0, 0.1) is 5.92 Å². The van der Waals surface area contributed by atoms with Gasteiger partial charge >= 0.3 is 11.9 Å². The van der Waals surface area contributed by atoms with Crippen LogP contribution in [0.3, 0.4) is 0 Å². The quantitative estimate of drug-likeness (QED) is 0.0991. The molecule has 0 aromatic heterocycles. The zero-order valence-corrected chi connectivity index (χ0v) is 19.6. The Morgan fingerprint density at radius 1 is 0.714 bits per heavy atom. The van der Waals surface area contributed by atoms with E-state index < -0.39 is 78.5 Å². The summed E-state index contributed by atoms with van der Waals surface area (Å²) in [5.74, 6) is -7.22. The Balaban J connectivity index is 5.51. The van der Waals surface area contributed by atoms with Gasteiger partial charge in [0.2, 0.25) is 29.5 Å². The lowest BCUT2D eigenvalue weighted by molar-refractivity contribution is -0.143. The maximum atomic E-state index is 12.8. The highest BCUT2D eigenvalue weighted by atomic mass is 16.4. The number of carbonyl (C=O) groups is 7. The molecule has 0 heterocycles. The molecule has 5 amide bonds. The van der Waals surface area contributed by atoms with Crippen LogP contribution in [0.4, 0.5) is 0 Å². The molecule has 198 valence electrons. The molecule has 0 spiro atoms. The Labute approximate surface area is 201 Å². The average Bonchev–Trinajstić information content (AvgIpc) is 2.72. The first-order chi connectivity index (χ1) is 16.1. The molecule has 0 saturated heterocycles. The summed E-state index contributed by atoms with van der Waals surface area (Å²) in [5.41, 5.74) is 15.8. The molecule has 0 aliphatic rings. The second-order valence-electron chi connectivity index (χ2n) is 8.37. The molecule has 0 fully saturated rings. The largest absolute Gasteiger partial charge is 0.481 e. The van der Waals surface area contributed by atoms with Gasteiger partial charge in [-0.2, -0.15) is 0 Å². The van der Waals surface area contributed by atoms with Gasteiger partial charge in [-0.1, -0.05) is 13.8 Å². The van der Waals surface area contributed by atoms with Gasteiger partial charge in [-0.15, -0.1) is 0 Å². The number of carboxylic acid groups (broad SMARTS) is 2. The highest BCUT2D eigenvalue weighted by Gasteiger charge is 2.31. The van der Waals surface area contributed by atoms with Crippen molar-refractivity contribution in [1.82, 2.24) is 16.0 Å². The highest BCUT2D eigenvalue weighted by molar-refractivity contribution is 5.96. The van der Waals surface area contributed by atoms with Gasteiger partial charge in [-0.3, -0.25) is 28.8 Å². The van der Waals surface area contributed by atoms with E-state index in [9.17, 15) is 38.7 Å². The number of rotatable bonds is 17. The minimum atomic E-state index is -1.52. The molecule has 0 aromatic rings. The fourth-order valence-electron chi connectivity index (χ4n) is 2.89. The Hall–Kier alpha value is -3.75. The molecule has 0 rings (SSSR count). The van der Waals surface area contributed by atoms with E-state index in [0.29, 0.717) is 0 Å². The van der Waals surface area contributed by atoms with Crippen LogP contribution in [0.15, 0.2) is 0 Å². The zero-order chi connectivity index (χ0) is 27.3. The first-order valence-electron chi connectivity index (χ1n) is 10.8. The molecule has 0 aliphatic carbocycles. The second kappa shape index (κ2) is 15.2. The highest BCUT2D eigenvalue weighted by Crippen LogP contribution is 2.08. The molecular weight excluding hydrogens is 468 g/mol. The summed E-state index contributed by atoms with van der Waals surface area (Å²) in [7, 11) is 0. The van der Waals surface area contributed by atoms with E-state index >= 15 is 0 Å². The molecule has 4 atom stereocenters. The number of hydrogen-bond donors (Lipinski definition) is 8. The maximum Gasteiger partial charge on any atom is 0.326 e. The van der Waals surface area contributed by atoms with Gasteiger partial charge in [0.05, 0.1) is 12.5 Å². The van der Waals surface area contributed by atoms with Gasteiger partial charge in [0, 0.05) is 12.8 Å². The summed E-state index contributed by atoms with van der Waals surface area (Å²) in [6.45, 7) is 3.46. The third-order valence-electron chi connectivity index (χ3n) is 4.68. The minimum Gasteiger partial charge on any atom is -0.481 e. The van der Waals surface area contributed by atoms with E-state index in [1.807, 2.05) is 0 Å². The van der Waals surface area contributed by atoms with E-state index in [4.69, 9.17) is 22.3 Å². The Morgan fingerprint density at radius 2 is 1.23 bits per heavy atom. The molecule has 0 bridgehead atoms. The predicted octanol–water partition coefficient (Wildman–Crippen LogP) is -3.10. The van der Waals surface area contributed by atoms with Gasteiger partial charge in [0.25, 0.3) is 0 Å². The molecule has 0 aliphatic heterocycles. The van der Waals surface area contributed by atoms with Crippen molar-refractivity contribution in [2.24, 2.45) is 23.1 Å². The van der Waals surface area contributed by atoms with Gasteiger partial charge < -0.3 is 43.4 Å². The monoisotopic (exact) mass is 502 g/mol. The Bertz CT molecular complexity index is 817. The second-order valence-corrected chi connectivity index (χ2v) is 8.37. The molecule has 15 heteroatoms. The summed E-state index contributed by atoms with van der Waals surface area (Å²) in [4.78, 5) is 82.3. The number of primary amides is 2. The van der Waals surface area contributed by atoms with Crippen molar-refractivity contribution < 1.29 is 43.8 Å². The number of carbonyl (C=O) groups excluding carboxylic acids is 5. The molecule has 0 aromatic carbocycles. The number of hydrogen-bond acceptors (Lipinski definition) is 8. The van der Waals surface area contributed by atoms with E-state index in [1.165, 1.54) is 0 Å². The van der Waals surface area contributed by atoms with Gasteiger partial charge in [0.15, 0.2) is 0 Å². The van der Waals surface area contributed by atoms with Crippen LogP contribution < -0.4 is 33.2 Å². The third-order valence-corrected chi connectivity index (χ3v) is 4.68. The van der Waals surface area contributed by atoms with Crippen molar-refractivity contribution in [3.8, 4) is 0 Å². The zero-order valence-electron chi connectivity index (χ0n) is 19.6. The summed E-state index contributed by atoms with van der Waals surface area (Å²) in [5, 5.41) is 24.8. The summed E-state index contributed by atoms with van der Waals surface area (Å²) in [6.07, 6.45) is -1.78. The van der Waals surface area contributed by atoms with Gasteiger partial charge in [0.1, 0.15) is 18.1 Å². The van der Waals surface area contributed by atoms with Crippen molar-refractivity contribution in [1.29, 1.82) is 0 Å². The average molecular weight is 503 g/mol.